The Bertz CT molecular complexity index is 656. The first-order valence-corrected chi connectivity index (χ1v) is 6.32. The normalized spacial score (nSPS) is 22.1. The highest BCUT2D eigenvalue weighted by atomic mass is 19.3. The van der Waals surface area contributed by atoms with Gasteiger partial charge in [0.15, 0.2) is 5.65 Å². The summed E-state index contributed by atoms with van der Waals surface area (Å²) in [7, 11) is 0. The van der Waals surface area contributed by atoms with Crippen LogP contribution in [0.3, 0.4) is 0 Å². The maximum Gasteiger partial charge on any atom is 0.255 e. The smallest absolute Gasteiger partial charge is 0.255 e. The molecule has 6 nitrogen and oxygen atoms in total. The van der Waals surface area contributed by atoms with Crippen molar-refractivity contribution in [3.63, 3.8) is 0 Å². The lowest BCUT2D eigenvalue weighted by atomic mass is 9.95. The molecule has 1 fully saturated rings. The first-order chi connectivity index (χ1) is 9.47. The molecule has 1 amide bonds. The van der Waals surface area contributed by atoms with Crippen molar-refractivity contribution in [1.29, 1.82) is 0 Å². The van der Waals surface area contributed by atoms with Crippen molar-refractivity contribution < 1.29 is 13.6 Å². The van der Waals surface area contributed by atoms with Gasteiger partial charge in [0.2, 0.25) is 0 Å². The molecule has 1 aliphatic rings. The molecule has 2 aromatic heterocycles. The van der Waals surface area contributed by atoms with E-state index in [-0.39, 0.29) is 25.4 Å². The van der Waals surface area contributed by atoms with Crippen LogP contribution in [0.15, 0.2) is 18.3 Å². The lowest BCUT2D eigenvalue weighted by Crippen LogP contribution is -2.48. The zero-order valence-corrected chi connectivity index (χ0v) is 10.8. The van der Waals surface area contributed by atoms with E-state index in [1.165, 1.54) is 22.5 Å². The molecule has 1 unspecified atom stereocenters. The van der Waals surface area contributed by atoms with Crippen molar-refractivity contribution in [2.24, 2.45) is 5.92 Å². The largest absolute Gasteiger partial charge is 0.338 e. The number of carbonyl (C=O) groups excluding carboxylic acids is 1. The standard InChI is InChI=1S/C12H13F2N5O/c1-8-6-18(5-4-12(8,13)14)11(20)9-2-3-10-15-16-17-19(10)7-9/h2-3,7-8H,4-6H2,1H3. The van der Waals surface area contributed by atoms with Crippen molar-refractivity contribution >= 4 is 11.6 Å². The highest BCUT2D eigenvalue weighted by Gasteiger charge is 2.42. The van der Waals surface area contributed by atoms with Gasteiger partial charge in [-0.2, -0.15) is 4.52 Å². The Labute approximate surface area is 113 Å². The van der Waals surface area contributed by atoms with Gasteiger partial charge >= 0.3 is 0 Å². The van der Waals surface area contributed by atoms with Gasteiger partial charge in [-0.3, -0.25) is 4.79 Å². The number of halogens is 2. The molecule has 0 saturated carbocycles. The first kappa shape index (κ1) is 12.9. The predicted molar refractivity (Wildman–Crippen MR) is 65.4 cm³/mol. The molecule has 0 bridgehead atoms. The maximum atomic E-state index is 13.4. The van der Waals surface area contributed by atoms with E-state index >= 15 is 0 Å². The molecule has 3 rings (SSSR count). The minimum Gasteiger partial charge on any atom is -0.338 e. The third kappa shape index (κ3) is 2.10. The van der Waals surface area contributed by atoms with Gasteiger partial charge in [-0.05, 0) is 22.6 Å². The number of carbonyl (C=O) groups is 1. The number of pyridine rings is 1. The number of aromatic nitrogens is 4. The average Bonchev–Trinajstić information content (AvgIpc) is 2.88. The molecule has 1 atom stereocenters. The number of tetrazole rings is 1. The van der Waals surface area contributed by atoms with E-state index in [2.05, 4.69) is 15.5 Å². The molecule has 0 aromatic carbocycles. The van der Waals surface area contributed by atoms with Crippen molar-refractivity contribution in [2.75, 3.05) is 13.1 Å². The molecular formula is C12H13F2N5O. The SMILES string of the molecule is CC1CN(C(=O)c2ccc3nnnn3c2)CCC1(F)F. The number of nitrogens with zero attached hydrogens (tertiary/aromatic N) is 5. The fraction of sp³-hybridized carbons (Fsp3) is 0.500. The average molecular weight is 281 g/mol. The summed E-state index contributed by atoms with van der Waals surface area (Å²) in [4.78, 5) is 13.8. The summed E-state index contributed by atoms with van der Waals surface area (Å²) in [5.74, 6) is -3.81. The Hall–Kier alpha value is -2.12. The number of alkyl halides is 2. The second-order valence-corrected chi connectivity index (χ2v) is 5.06. The minimum absolute atomic E-state index is 0.0550. The Kier molecular flexibility index (Phi) is 2.88. The molecule has 1 aliphatic heterocycles. The number of likely N-dealkylation sites (tertiary alicyclic amines) is 1. The highest BCUT2D eigenvalue weighted by Crippen LogP contribution is 2.33. The van der Waals surface area contributed by atoms with Crippen LogP contribution in [0, 0.1) is 5.92 Å². The van der Waals surface area contributed by atoms with E-state index in [9.17, 15) is 13.6 Å². The molecule has 0 N–H and O–H groups in total. The fourth-order valence-electron chi connectivity index (χ4n) is 2.32. The second-order valence-electron chi connectivity index (χ2n) is 5.06. The zero-order valence-electron chi connectivity index (χ0n) is 10.8. The van der Waals surface area contributed by atoms with Crippen LogP contribution in [0.5, 0.6) is 0 Å². The van der Waals surface area contributed by atoms with Gasteiger partial charge in [0, 0.05) is 31.6 Å². The van der Waals surface area contributed by atoms with Crippen molar-refractivity contribution in [1.82, 2.24) is 24.9 Å². The highest BCUT2D eigenvalue weighted by molar-refractivity contribution is 5.94. The van der Waals surface area contributed by atoms with Crippen LogP contribution in [0.4, 0.5) is 8.78 Å². The topological polar surface area (TPSA) is 63.4 Å². The van der Waals surface area contributed by atoms with E-state index in [1.807, 2.05) is 0 Å². The van der Waals surface area contributed by atoms with E-state index in [4.69, 9.17) is 0 Å². The molecule has 2 aromatic rings. The summed E-state index contributed by atoms with van der Waals surface area (Å²) >= 11 is 0. The Balaban J connectivity index is 1.82. The molecule has 1 saturated heterocycles. The van der Waals surface area contributed by atoms with Gasteiger partial charge in [0.1, 0.15) is 0 Å². The number of fused-ring (bicyclic) bond motifs is 1. The van der Waals surface area contributed by atoms with E-state index in [0.717, 1.165) is 0 Å². The van der Waals surface area contributed by atoms with Crippen LogP contribution in [0.2, 0.25) is 0 Å². The van der Waals surface area contributed by atoms with Crippen LogP contribution in [-0.4, -0.2) is 49.9 Å². The lowest BCUT2D eigenvalue weighted by molar-refractivity contribution is -0.0921. The Morgan fingerprint density at radius 2 is 2.25 bits per heavy atom. The summed E-state index contributed by atoms with van der Waals surface area (Å²) in [5, 5.41) is 10.9. The van der Waals surface area contributed by atoms with Crippen molar-refractivity contribution in [3.8, 4) is 0 Å². The monoisotopic (exact) mass is 281 g/mol. The number of piperidine rings is 1. The van der Waals surface area contributed by atoms with E-state index in [0.29, 0.717) is 11.2 Å². The molecule has 0 aliphatic carbocycles. The zero-order chi connectivity index (χ0) is 14.3. The maximum absolute atomic E-state index is 13.4. The molecular weight excluding hydrogens is 268 g/mol. The fourth-order valence-corrected chi connectivity index (χ4v) is 2.32. The quantitative estimate of drug-likeness (QED) is 0.789. The number of rotatable bonds is 1. The van der Waals surface area contributed by atoms with Crippen molar-refractivity contribution in [2.45, 2.75) is 19.3 Å². The van der Waals surface area contributed by atoms with Gasteiger partial charge in [-0.25, -0.2) is 8.78 Å². The minimum atomic E-state index is -2.70. The number of hydrogen-bond acceptors (Lipinski definition) is 4. The Morgan fingerprint density at radius 1 is 1.45 bits per heavy atom. The van der Waals surface area contributed by atoms with Gasteiger partial charge in [-0.15, -0.1) is 5.10 Å². The summed E-state index contributed by atoms with van der Waals surface area (Å²) in [5.41, 5.74) is 0.919. The van der Waals surface area contributed by atoms with E-state index < -0.39 is 11.8 Å². The lowest BCUT2D eigenvalue weighted by Gasteiger charge is -2.36. The van der Waals surface area contributed by atoms with Crippen LogP contribution in [0.1, 0.15) is 23.7 Å². The summed E-state index contributed by atoms with van der Waals surface area (Å²) in [6.07, 6.45) is 1.21. The molecule has 3 heterocycles. The number of hydrogen-bond donors (Lipinski definition) is 0. The van der Waals surface area contributed by atoms with Crippen LogP contribution in [0.25, 0.3) is 5.65 Å². The van der Waals surface area contributed by atoms with Gasteiger partial charge in [-0.1, -0.05) is 6.92 Å². The predicted octanol–water partition coefficient (Wildman–Crippen LogP) is 1.24. The summed E-state index contributed by atoms with van der Waals surface area (Å²) < 4.78 is 28.3. The van der Waals surface area contributed by atoms with Gasteiger partial charge in [0.05, 0.1) is 5.56 Å². The summed E-state index contributed by atoms with van der Waals surface area (Å²) in [6, 6.07) is 3.22. The van der Waals surface area contributed by atoms with E-state index in [1.54, 1.807) is 12.1 Å². The van der Waals surface area contributed by atoms with Crippen molar-refractivity contribution in [3.05, 3.63) is 23.9 Å². The third-order valence-corrected chi connectivity index (χ3v) is 3.66. The Morgan fingerprint density at radius 3 is 3.00 bits per heavy atom. The van der Waals surface area contributed by atoms with Gasteiger partial charge < -0.3 is 4.90 Å². The number of amides is 1. The molecule has 0 spiro atoms. The van der Waals surface area contributed by atoms with Gasteiger partial charge in [0.25, 0.3) is 11.8 Å². The molecule has 0 radical (unpaired) electrons. The third-order valence-electron chi connectivity index (χ3n) is 3.66. The molecule has 20 heavy (non-hydrogen) atoms. The first-order valence-electron chi connectivity index (χ1n) is 6.32. The molecule has 106 valence electrons. The summed E-state index contributed by atoms with van der Waals surface area (Å²) in [6.45, 7) is 1.58. The van der Waals surface area contributed by atoms with Crippen LogP contribution in [-0.2, 0) is 0 Å². The molecule has 8 heteroatoms. The second kappa shape index (κ2) is 4.46. The van der Waals surface area contributed by atoms with Crippen LogP contribution < -0.4 is 0 Å². The van der Waals surface area contributed by atoms with Crippen LogP contribution >= 0.6 is 0 Å².